The molecule has 2 heteroatoms. The first-order valence-electron chi connectivity index (χ1n) is 4.14. The van der Waals surface area contributed by atoms with Gasteiger partial charge in [-0.1, -0.05) is 18.2 Å². The van der Waals surface area contributed by atoms with E-state index in [0.717, 1.165) is 11.6 Å². The SMILES string of the molecule is Cc1cccc(C2CC2)c1N.Cl. The Bertz CT molecular complexity index is 279. The van der Waals surface area contributed by atoms with Crippen LogP contribution in [0.5, 0.6) is 0 Å². The van der Waals surface area contributed by atoms with Gasteiger partial charge in [0.05, 0.1) is 0 Å². The first-order valence-corrected chi connectivity index (χ1v) is 4.14. The van der Waals surface area contributed by atoms with Crippen molar-refractivity contribution in [3.05, 3.63) is 29.3 Å². The molecule has 0 radical (unpaired) electrons. The number of rotatable bonds is 1. The van der Waals surface area contributed by atoms with Crippen LogP contribution in [0.15, 0.2) is 18.2 Å². The molecule has 1 aliphatic rings. The molecule has 66 valence electrons. The van der Waals surface area contributed by atoms with Crippen molar-refractivity contribution in [1.82, 2.24) is 0 Å². The molecule has 0 unspecified atom stereocenters. The van der Waals surface area contributed by atoms with Crippen LogP contribution in [0.25, 0.3) is 0 Å². The smallest absolute Gasteiger partial charge is 0.0379 e. The Morgan fingerprint density at radius 1 is 1.33 bits per heavy atom. The van der Waals surface area contributed by atoms with Crippen LogP contribution in [0.2, 0.25) is 0 Å². The number of nitrogens with two attached hydrogens (primary N) is 1. The zero-order chi connectivity index (χ0) is 7.84. The molecular weight excluding hydrogens is 170 g/mol. The largest absolute Gasteiger partial charge is 0.398 e. The molecule has 12 heavy (non-hydrogen) atoms. The minimum atomic E-state index is 0. The van der Waals surface area contributed by atoms with E-state index in [9.17, 15) is 0 Å². The lowest BCUT2D eigenvalue weighted by atomic mass is 10.1. The Hall–Kier alpha value is -0.690. The van der Waals surface area contributed by atoms with Crippen LogP contribution in [0.3, 0.4) is 0 Å². The van der Waals surface area contributed by atoms with E-state index in [2.05, 4.69) is 25.1 Å². The number of para-hydroxylation sites is 1. The van der Waals surface area contributed by atoms with Crippen molar-refractivity contribution in [2.45, 2.75) is 25.7 Å². The highest BCUT2D eigenvalue weighted by Crippen LogP contribution is 2.43. The molecule has 0 heterocycles. The predicted octanol–water partition coefficient (Wildman–Crippen LogP) is 2.88. The zero-order valence-corrected chi connectivity index (χ0v) is 8.03. The molecule has 0 saturated heterocycles. The monoisotopic (exact) mass is 183 g/mol. The molecule has 0 aromatic heterocycles. The Labute approximate surface area is 79.4 Å². The quantitative estimate of drug-likeness (QED) is 0.666. The van der Waals surface area contributed by atoms with Gasteiger partial charge in [0.25, 0.3) is 0 Å². The lowest BCUT2D eigenvalue weighted by molar-refractivity contribution is 1.13. The molecule has 1 fully saturated rings. The molecule has 0 aliphatic heterocycles. The summed E-state index contributed by atoms with van der Waals surface area (Å²) in [5.41, 5.74) is 9.52. The highest BCUT2D eigenvalue weighted by molar-refractivity contribution is 5.85. The van der Waals surface area contributed by atoms with Crippen molar-refractivity contribution in [2.24, 2.45) is 0 Å². The topological polar surface area (TPSA) is 26.0 Å². The van der Waals surface area contributed by atoms with E-state index in [1.165, 1.54) is 24.0 Å². The molecule has 1 aliphatic carbocycles. The molecule has 0 atom stereocenters. The highest BCUT2D eigenvalue weighted by atomic mass is 35.5. The number of hydrogen-bond acceptors (Lipinski definition) is 1. The molecule has 2 rings (SSSR count). The first kappa shape index (κ1) is 9.40. The van der Waals surface area contributed by atoms with E-state index in [0.29, 0.717) is 0 Å². The van der Waals surface area contributed by atoms with E-state index in [-0.39, 0.29) is 12.4 Å². The van der Waals surface area contributed by atoms with E-state index < -0.39 is 0 Å². The average Bonchev–Trinajstić information content (AvgIpc) is 2.77. The maximum atomic E-state index is 5.92. The summed E-state index contributed by atoms with van der Waals surface area (Å²) < 4.78 is 0. The fourth-order valence-corrected chi connectivity index (χ4v) is 1.45. The van der Waals surface area contributed by atoms with Crippen LogP contribution < -0.4 is 5.73 Å². The third kappa shape index (κ3) is 1.56. The van der Waals surface area contributed by atoms with Gasteiger partial charge >= 0.3 is 0 Å². The maximum Gasteiger partial charge on any atom is 0.0379 e. The van der Waals surface area contributed by atoms with E-state index in [1.807, 2.05) is 0 Å². The van der Waals surface area contributed by atoms with Crippen LogP contribution in [-0.2, 0) is 0 Å². The lowest BCUT2D eigenvalue weighted by Gasteiger charge is -2.05. The van der Waals surface area contributed by atoms with Crippen molar-refractivity contribution in [3.63, 3.8) is 0 Å². The molecule has 1 nitrogen and oxygen atoms in total. The van der Waals surface area contributed by atoms with Gasteiger partial charge in [0.15, 0.2) is 0 Å². The summed E-state index contributed by atoms with van der Waals surface area (Å²) in [6, 6.07) is 6.32. The standard InChI is InChI=1S/C10H13N.ClH/c1-7-3-2-4-9(10(7)11)8-5-6-8;/h2-4,8H,5-6,11H2,1H3;1H. The third-order valence-electron chi connectivity index (χ3n) is 2.38. The first-order chi connectivity index (χ1) is 5.29. The summed E-state index contributed by atoms with van der Waals surface area (Å²) in [7, 11) is 0. The van der Waals surface area contributed by atoms with Gasteiger partial charge in [-0.15, -0.1) is 12.4 Å². The normalized spacial score (nSPS) is 15.4. The van der Waals surface area contributed by atoms with Gasteiger partial charge in [0.1, 0.15) is 0 Å². The van der Waals surface area contributed by atoms with Crippen LogP contribution in [0.4, 0.5) is 5.69 Å². The molecule has 1 saturated carbocycles. The van der Waals surface area contributed by atoms with Gasteiger partial charge in [-0.05, 0) is 36.8 Å². The second kappa shape index (κ2) is 3.36. The molecule has 1 aromatic rings. The Balaban J connectivity index is 0.000000720. The number of anilines is 1. The number of hydrogen-bond donors (Lipinski definition) is 1. The summed E-state index contributed by atoms with van der Waals surface area (Å²) in [5, 5.41) is 0. The fourth-order valence-electron chi connectivity index (χ4n) is 1.45. The summed E-state index contributed by atoms with van der Waals surface area (Å²) in [5.74, 6) is 0.773. The molecular formula is C10H14ClN. The molecule has 0 bridgehead atoms. The molecule has 1 aromatic carbocycles. The van der Waals surface area contributed by atoms with Crippen molar-refractivity contribution < 1.29 is 0 Å². The number of aryl methyl sites for hydroxylation is 1. The lowest BCUT2D eigenvalue weighted by Crippen LogP contribution is -1.94. The van der Waals surface area contributed by atoms with Crippen LogP contribution in [0, 0.1) is 6.92 Å². The summed E-state index contributed by atoms with van der Waals surface area (Å²) >= 11 is 0. The van der Waals surface area contributed by atoms with Crippen molar-refractivity contribution >= 4 is 18.1 Å². The number of halogens is 1. The minimum Gasteiger partial charge on any atom is -0.398 e. The van der Waals surface area contributed by atoms with E-state index in [4.69, 9.17) is 5.73 Å². The zero-order valence-electron chi connectivity index (χ0n) is 7.21. The van der Waals surface area contributed by atoms with Crippen LogP contribution in [0.1, 0.15) is 29.9 Å². The number of nitrogen functional groups attached to an aromatic ring is 1. The summed E-state index contributed by atoms with van der Waals surface area (Å²) in [6.07, 6.45) is 2.65. The van der Waals surface area contributed by atoms with Crippen molar-refractivity contribution in [3.8, 4) is 0 Å². The van der Waals surface area contributed by atoms with E-state index >= 15 is 0 Å². The predicted molar refractivity (Wildman–Crippen MR) is 54.8 cm³/mol. The van der Waals surface area contributed by atoms with Gasteiger partial charge in [-0.25, -0.2) is 0 Å². The fraction of sp³-hybridized carbons (Fsp3) is 0.400. The van der Waals surface area contributed by atoms with Gasteiger partial charge < -0.3 is 5.73 Å². The van der Waals surface area contributed by atoms with E-state index in [1.54, 1.807) is 0 Å². The molecule has 2 N–H and O–H groups in total. The number of benzene rings is 1. The highest BCUT2D eigenvalue weighted by Gasteiger charge is 2.25. The molecule has 0 amide bonds. The van der Waals surface area contributed by atoms with Crippen molar-refractivity contribution in [1.29, 1.82) is 0 Å². The van der Waals surface area contributed by atoms with Crippen LogP contribution >= 0.6 is 12.4 Å². The average molecular weight is 184 g/mol. The molecule has 0 spiro atoms. The maximum absolute atomic E-state index is 5.92. The van der Waals surface area contributed by atoms with Gasteiger partial charge in [-0.3, -0.25) is 0 Å². The second-order valence-corrected chi connectivity index (χ2v) is 3.35. The Kier molecular flexibility index (Phi) is 2.63. The third-order valence-corrected chi connectivity index (χ3v) is 2.38. The Morgan fingerprint density at radius 2 is 2.00 bits per heavy atom. The van der Waals surface area contributed by atoms with Gasteiger partial charge in [0, 0.05) is 5.69 Å². The van der Waals surface area contributed by atoms with Gasteiger partial charge in [-0.2, -0.15) is 0 Å². The minimum absolute atomic E-state index is 0. The van der Waals surface area contributed by atoms with Gasteiger partial charge in [0.2, 0.25) is 0 Å². The summed E-state index contributed by atoms with van der Waals surface area (Å²) in [4.78, 5) is 0. The summed E-state index contributed by atoms with van der Waals surface area (Å²) in [6.45, 7) is 2.07. The Morgan fingerprint density at radius 3 is 2.58 bits per heavy atom. The second-order valence-electron chi connectivity index (χ2n) is 3.35. The van der Waals surface area contributed by atoms with Crippen LogP contribution in [-0.4, -0.2) is 0 Å². The van der Waals surface area contributed by atoms with Crippen molar-refractivity contribution in [2.75, 3.05) is 5.73 Å².